The zero-order valence-electron chi connectivity index (χ0n) is 15.9. The van der Waals surface area contributed by atoms with E-state index < -0.39 is 5.60 Å². The third-order valence-electron chi connectivity index (χ3n) is 5.02. The number of carbonyl (C=O) groups is 1. The number of pyridine rings is 1. The van der Waals surface area contributed by atoms with E-state index in [1.165, 1.54) is 5.56 Å². The van der Waals surface area contributed by atoms with Gasteiger partial charge in [-0.2, -0.15) is 0 Å². The SMILES string of the molecule is CCCc1cccnc1OC1CCN(C(=O)OC(C)(C)C)CC12CC2. The van der Waals surface area contributed by atoms with Crippen molar-refractivity contribution in [2.45, 2.75) is 71.5 Å². The summed E-state index contributed by atoms with van der Waals surface area (Å²) in [6, 6.07) is 4.07. The second kappa shape index (κ2) is 6.85. The Kier molecular flexibility index (Phi) is 4.94. The second-order valence-electron chi connectivity index (χ2n) is 8.38. The maximum absolute atomic E-state index is 12.4. The molecule has 2 aliphatic rings. The zero-order valence-corrected chi connectivity index (χ0v) is 15.9. The van der Waals surface area contributed by atoms with E-state index in [0.29, 0.717) is 6.54 Å². The Morgan fingerprint density at radius 1 is 1.40 bits per heavy atom. The van der Waals surface area contributed by atoms with Crippen molar-refractivity contribution in [3.63, 3.8) is 0 Å². The predicted molar refractivity (Wildman–Crippen MR) is 96.7 cm³/mol. The largest absolute Gasteiger partial charge is 0.473 e. The number of nitrogens with zero attached hydrogens (tertiary/aromatic N) is 2. The van der Waals surface area contributed by atoms with E-state index >= 15 is 0 Å². The van der Waals surface area contributed by atoms with Crippen molar-refractivity contribution in [1.82, 2.24) is 9.88 Å². The Morgan fingerprint density at radius 3 is 2.80 bits per heavy atom. The quantitative estimate of drug-likeness (QED) is 0.820. The summed E-state index contributed by atoms with van der Waals surface area (Å²) in [7, 11) is 0. The average Bonchev–Trinajstić information content (AvgIpc) is 3.30. The number of hydrogen-bond acceptors (Lipinski definition) is 4. The third kappa shape index (κ3) is 4.25. The smallest absolute Gasteiger partial charge is 0.410 e. The molecule has 1 saturated carbocycles. The number of amides is 1. The highest BCUT2D eigenvalue weighted by Gasteiger charge is 2.55. The van der Waals surface area contributed by atoms with Crippen LogP contribution in [0.25, 0.3) is 0 Å². The maximum Gasteiger partial charge on any atom is 0.410 e. The van der Waals surface area contributed by atoms with Gasteiger partial charge < -0.3 is 14.4 Å². The van der Waals surface area contributed by atoms with Crippen LogP contribution in [0.4, 0.5) is 4.79 Å². The minimum absolute atomic E-state index is 0.0795. The van der Waals surface area contributed by atoms with Crippen LogP contribution in [0.1, 0.15) is 58.9 Å². The van der Waals surface area contributed by atoms with Gasteiger partial charge in [-0.1, -0.05) is 19.4 Å². The van der Waals surface area contributed by atoms with Gasteiger partial charge in [0.1, 0.15) is 11.7 Å². The topological polar surface area (TPSA) is 51.7 Å². The van der Waals surface area contributed by atoms with E-state index in [1.54, 1.807) is 6.20 Å². The molecule has 0 N–H and O–H groups in total. The van der Waals surface area contributed by atoms with E-state index in [-0.39, 0.29) is 17.6 Å². The Bertz CT molecular complexity index is 620. The molecule has 1 spiro atoms. The molecule has 1 saturated heterocycles. The Labute approximate surface area is 150 Å². The predicted octanol–water partition coefficient (Wildman–Crippen LogP) is 4.20. The van der Waals surface area contributed by atoms with E-state index in [4.69, 9.17) is 9.47 Å². The van der Waals surface area contributed by atoms with Gasteiger partial charge in [-0.15, -0.1) is 0 Å². The molecule has 1 aromatic rings. The van der Waals surface area contributed by atoms with Gasteiger partial charge in [0.2, 0.25) is 5.88 Å². The minimum Gasteiger partial charge on any atom is -0.473 e. The standard InChI is InChI=1S/C20H30N2O3/c1-5-7-15-8-6-12-21-17(15)24-16-9-13-22(14-20(16)10-11-20)18(23)25-19(2,3)4/h6,8,12,16H,5,7,9-11,13-14H2,1-4H3. The fraction of sp³-hybridized carbons (Fsp3) is 0.700. The first-order valence-corrected chi connectivity index (χ1v) is 9.41. The van der Waals surface area contributed by atoms with Crippen LogP contribution in [0.5, 0.6) is 5.88 Å². The van der Waals surface area contributed by atoms with E-state index in [9.17, 15) is 4.79 Å². The van der Waals surface area contributed by atoms with E-state index in [1.807, 2.05) is 31.7 Å². The van der Waals surface area contributed by atoms with Gasteiger partial charge >= 0.3 is 6.09 Å². The van der Waals surface area contributed by atoms with Gasteiger partial charge in [-0.3, -0.25) is 0 Å². The molecule has 5 heteroatoms. The first-order valence-electron chi connectivity index (χ1n) is 9.41. The molecule has 0 bridgehead atoms. The van der Waals surface area contributed by atoms with Gasteiger partial charge in [-0.05, 0) is 46.1 Å². The summed E-state index contributed by atoms with van der Waals surface area (Å²) in [5.41, 5.74) is 0.802. The third-order valence-corrected chi connectivity index (χ3v) is 5.02. The molecule has 138 valence electrons. The second-order valence-corrected chi connectivity index (χ2v) is 8.38. The molecule has 1 aliphatic carbocycles. The van der Waals surface area contributed by atoms with Crippen molar-refractivity contribution >= 4 is 6.09 Å². The Balaban J connectivity index is 1.66. The van der Waals surface area contributed by atoms with Crippen molar-refractivity contribution in [1.29, 1.82) is 0 Å². The summed E-state index contributed by atoms with van der Waals surface area (Å²) in [5, 5.41) is 0. The molecule has 1 aromatic heterocycles. The number of hydrogen-bond donors (Lipinski definition) is 0. The molecular weight excluding hydrogens is 316 g/mol. The van der Waals surface area contributed by atoms with Crippen molar-refractivity contribution in [2.24, 2.45) is 5.41 Å². The van der Waals surface area contributed by atoms with Gasteiger partial charge in [0.25, 0.3) is 0 Å². The molecule has 25 heavy (non-hydrogen) atoms. The number of carbonyl (C=O) groups excluding carboxylic acids is 1. The normalized spacial score (nSPS) is 21.9. The molecular formula is C20H30N2O3. The van der Waals surface area contributed by atoms with E-state index in [0.717, 1.165) is 44.5 Å². The summed E-state index contributed by atoms with van der Waals surface area (Å²) < 4.78 is 11.9. The maximum atomic E-state index is 12.4. The number of aryl methyl sites for hydroxylation is 1. The fourth-order valence-corrected chi connectivity index (χ4v) is 3.57. The van der Waals surface area contributed by atoms with Gasteiger partial charge in [-0.25, -0.2) is 9.78 Å². The van der Waals surface area contributed by atoms with Crippen LogP contribution in [0.3, 0.4) is 0 Å². The van der Waals surface area contributed by atoms with Crippen molar-refractivity contribution in [3.05, 3.63) is 23.9 Å². The molecule has 1 amide bonds. The van der Waals surface area contributed by atoms with E-state index in [2.05, 4.69) is 18.0 Å². The average molecular weight is 346 g/mol. The summed E-state index contributed by atoms with van der Waals surface area (Å²) in [4.78, 5) is 18.7. The Hall–Kier alpha value is -1.78. The molecule has 0 aromatic carbocycles. The van der Waals surface area contributed by atoms with Gasteiger partial charge in [0.05, 0.1) is 0 Å². The summed E-state index contributed by atoms with van der Waals surface area (Å²) >= 11 is 0. The lowest BCUT2D eigenvalue weighted by Gasteiger charge is -2.39. The molecule has 2 heterocycles. The highest BCUT2D eigenvalue weighted by Crippen LogP contribution is 2.53. The first-order chi connectivity index (χ1) is 11.8. The van der Waals surface area contributed by atoms with Crippen molar-refractivity contribution < 1.29 is 14.3 Å². The number of ether oxygens (including phenoxy) is 2. The molecule has 1 atom stereocenters. The number of aromatic nitrogens is 1. The summed E-state index contributed by atoms with van der Waals surface area (Å²) in [6.45, 7) is 9.29. The van der Waals surface area contributed by atoms with Crippen LogP contribution < -0.4 is 4.74 Å². The van der Waals surface area contributed by atoms with Gasteiger partial charge in [0.15, 0.2) is 0 Å². The molecule has 0 radical (unpaired) electrons. The minimum atomic E-state index is -0.454. The van der Waals surface area contributed by atoms with Crippen molar-refractivity contribution in [3.8, 4) is 5.88 Å². The fourth-order valence-electron chi connectivity index (χ4n) is 3.57. The molecule has 5 nitrogen and oxygen atoms in total. The lowest BCUT2D eigenvalue weighted by molar-refractivity contribution is -0.00974. The zero-order chi connectivity index (χ0) is 18.1. The highest BCUT2D eigenvalue weighted by atomic mass is 16.6. The van der Waals surface area contributed by atoms with Gasteiger partial charge in [0, 0.05) is 36.7 Å². The lowest BCUT2D eigenvalue weighted by atomic mass is 9.91. The monoisotopic (exact) mass is 346 g/mol. The summed E-state index contributed by atoms with van der Waals surface area (Å²) in [6.07, 6.45) is 6.82. The lowest BCUT2D eigenvalue weighted by Crippen LogP contribution is -2.50. The highest BCUT2D eigenvalue weighted by molar-refractivity contribution is 5.68. The number of piperidine rings is 1. The number of rotatable bonds is 4. The van der Waals surface area contributed by atoms with Crippen LogP contribution in [-0.2, 0) is 11.2 Å². The molecule has 2 fully saturated rings. The van der Waals surface area contributed by atoms with Crippen molar-refractivity contribution in [2.75, 3.05) is 13.1 Å². The van der Waals surface area contributed by atoms with Crippen LogP contribution >= 0.6 is 0 Å². The first kappa shape index (κ1) is 18.0. The number of likely N-dealkylation sites (tertiary alicyclic amines) is 1. The van der Waals surface area contributed by atoms with Crippen LogP contribution in [-0.4, -0.2) is 40.8 Å². The summed E-state index contributed by atoms with van der Waals surface area (Å²) in [5.74, 6) is 0.770. The Morgan fingerprint density at radius 2 is 2.16 bits per heavy atom. The molecule has 1 aliphatic heterocycles. The molecule has 1 unspecified atom stereocenters. The van der Waals surface area contributed by atoms with Crippen LogP contribution in [0, 0.1) is 5.41 Å². The van der Waals surface area contributed by atoms with Crippen LogP contribution in [0.2, 0.25) is 0 Å². The van der Waals surface area contributed by atoms with Crippen LogP contribution in [0.15, 0.2) is 18.3 Å². The molecule has 3 rings (SSSR count).